The first-order valence-electron chi connectivity index (χ1n) is 13.9. The van der Waals surface area contributed by atoms with Crippen LogP contribution in [-0.2, 0) is 4.74 Å². The van der Waals surface area contributed by atoms with Crippen LogP contribution in [0.3, 0.4) is 0 Å². The summed E-state index contributed by atoms with van der Waals surface area (Å²) >= 11 is 6.05. The normalized spacial score (nSPS) is 21.4. The van der Waals surface area contributed by atoms with E-state index in [1.54, 1.807) is 0 Å². The Morgan fingerprint density at radius 3 is 2.51 bits per heavy atom. The summed E-state index contributed by atoms with van der Waals surface area (Å²) in [6, 6.07) is 2.90. The molecule has 0 aliphatic carbocycles. The van der Waals surface area contributed by atoms with Crippen LogP contribution in [0.15, 0.2) is 10.5 Å². The maximum atomic E-state index is 12.5. The molecule has 9 nitrogen and oxygen atoms in total. The van der Waals surface area contributed by atoms with Crippen molar-refractivity contribution in [3.63, 3.8) is 0 Å². The first-order chi connectivity index (χ1) is 18.5. The Balaban J connectivity index is 1.38. The first kappa shape index (κ1) is 28.9. The zero-order valence-corrected chi connectivity index (χ0v) is 27.3. The quantitative estimate of drug-likeness (QED) is 0.353. The van der Waals surface area contributed by atoms with Gasteiger partial charge in [0.05, 0.1) is 11.1 Å². The monoisotopic (exact) mass is 715 g/mol. The maximum Gasteiger partial charge on any atom is 0.410 e. The summed E-state index contributed by atoms with van der Waals surface area (Å²) < 4.78 is 19.8. The van der Waals surface area contributed by atoms with Crippen LogP contribution in [0.2, 0.25) is 0 Å². The molecule has 214 valence electrons. The molecule has 4 heterocycles. The second-order valence-electron chi connectivity index (χ2n) is 12.1. The van der Waals surface area contributed by atoms with Gasteiger partial charge in [-0.2, -0.15) is 9.97 Å². The Kier molecular flexibility index (Phi) is 8.41. The van der Waals surface area contributed by atoms with Crippen molar-refractivity contribution in [3.8, 4) is 11.8 Å². The molecule has 3 saturated heterocycles. The molecule has 1 spiro atoms. The van der Waals surface area contributed by atoms with E-state index in [1.165, 1.54) is 6.42 Å². The van der Waals surface area contributed by atoms with Crippen molar-refractivity contribution in [2.24, 2.45) is 5.41 Å². The van der Waals surface area contributed by atoms with Gasteiger partial charge in [0.25, 0.3) is 0 Å². The predicted molar refractivity (Wildman–Crippen MR) is 164 cm³/mol. The molecule has 3 fully saturated rings. The number of fused-ring (bicyclic) bond motifs is 1. The molecule has 0 N–H and O–H groups in total. The topological polar surface area (TPSA) is 80.3 Å². The van der Waals surface area contributed by atoms with E-state index < -0.39 is 5.60 Å². The molecule has 11 heteroatoms. The summed E-state index contributed by atoms with van der Waals surface area (Å²) in [5, 5.41) is 0.969. The van der Waals surface area contributed by atoms with Crippen molar-refractivity contribution >= 4 is 61.3 Å². The molecule has 1 atom stereocenters. The highest BCUT2D eigenvalue weighted by Gasteiger charge is 2.48. The Hall–Kier alpha value is -1.60. The molecule has 0 radical (unpaired) electrons. The van der Waals surface area contributed by atoms with E-state index in [0.29, 0.717) is 25.3 Å². The predicted octanol–water partition coefficient (Wildman–Crippen LogP) is 5.71. The van der Waals surface area contributed by atoms with Gasteiger partial charge >= 0.3 is 12.1 Å². The van der Waals surface area contributed by atoms with Crippen molar-refractivity contribution in [1.29, 1.82) is 0 Å². The van der Waals surface area contributed by atoms with Crippen LogP contribution in [0.4, 0.5) is 10.6 Å². The van der Waals surface area contributed by atoms with Gasteiger partial charge in [0, 0.05) is 46.6 Å². The number of nitrogens with zero attached hydrogens (tertiary/aromatic N) is 5. The number of ether oxygens (including phenoxy) is 3. The van der Waals surface area contributed by atoms with Crippen LogP contribution in [0.5, 0.6) is 11.8 Å². The standard InChI is InChI=1S/C28H39BrIN5O4/c1-6-37-23-21(29)20(30)14-19-22(23)31-25(38-15-18-8-7-11-33(18)5)32-24(19)34-12-9-28(10-13-34)16-35(17-28)26(36)39-27(2,3)4/h14,18H,6-13,15-17H2,1-5H3/t18-/m0/s1. The van der Waals surface area contributed by atoms with Crippen LogP contribution in [0.1, 0.15) is 53.4 Å². The number of carbonyl (C=O) groups is 1. The number of anilines is 1. The van der Waals surface area contributed by atoms with Crippen molar-refractivity contribution in [2.75, 3.05) is 57.9 Å². The van der Waals surface area contributed by atoms with Gasteiger partial charge in [-0.05, 0) is 112 Å². The number of hydrogen-bond donors (Lipinski definition) is 0. The van der Waals surface area contributed by atoms with Gasteiger partial charge in [0.2, 0.25) is 0 Å². The zero-order chi connectivity index (χ0) is 27.9. The van der Waals surface area contributed by atoms with Crippen molar-refractivity contribution in [2.45, 2.75) is 65.0 Å². The highest BCUT2D eigenvalue weighted by atomic mass is 127. The lowest BCUT2D eigenvalue weighted by Crippen LogP contribution is -2.62. The number of benzene rings is 1. The number of amides is 1. The summed E-state index contributed by atoms with van der Waals surface area (Å²) in [6.07, 6.45) is 4.09. The molecular weight excluding hydrogens is 677 g/mol. The smallest absolute Gasteiger partial charge is 0.410 e. The van der Waals surface area contributed by atoms with Gasteiger partial charge in [0.1, 0.15) is 23.5 Å². The summed E-state index contributed by atoms with van der Waals surface area (Å²) in [5.74, 6) is 1.62. The largest absolute Gasteiger partial charge is 0.490 e. The molecule has 0 unspecified atom stereocenters. The third kappa shape index (κ3) is 6.19. The maximum absolute atomic E-state index is 12.5. The van der Waals surface area contributed by atoms with E-state index in [0.717, 1.165) is 82.5 Å². The Morgan fingerprint density at radius 2 is 1.90 bits per heavy atom. The number of likely N-dealkylation sites (N-methyl/N-ethyl adjacent to an activating group) is 1. The van der Waals surface area contributed by atoms with E-state index in [2.05, 4.69) is 61.4 Å². The minimum absolute atomic E-state index is 0.149. The summed E-state index contributed by atoms with van der Waals surface area (Å²) in [4.78, 5) is 28.9. The fourth-order valence-electron chi connectivity index (χ4n) is 5.82. The number of halogens is 2. The summed E-state index contributed by atoms with van der Waals surface area (Å²) in [7, 11) is 2.15. The lowest BCUT2D eigenvalue weighted by atomic mass is 9.72. The number of likely N-dealkylation sites (tertiary alicyclic amines) is 2. The molecule has 1 amide bonds. The molecule has 1 aromatic heterocycles. The average molecular weight is 716 g/mol. The summed E-state index contributed by atoms with van der Waals surface area (Å²) in [5.41, 5.74) is 0.442. The molecule has 0 saturated carbocycles. The SMILES string of the molecule is CCOc1c(Br)c(I)cc2c(N3CCC4(CC3)CN(C(=O)OC(C)(C)C)C4)nc(OC[C@@H]3CCCN3C)nc12. The van der Waals surface area contributed by atoms with Gasteiger partial charge in [-0.25, -0.2) is 4.79 Å². The zero-order valence-electron chi connectivity index (χ0n) is 23.6. The van der Waals surface area contributed by atoms with Crippen LogP contribution >= 0.6 is 38.5 Å². The van der Waals surface area contributed by atoms with Crippen LogP contribution in [-0.4, -0.2) is 90.5 Å². The van der Waals surface area contributed by atoms with Gasteiger partial charge in [-0.3, -0.25) is 0 Å². The Bertz CT molecular complexity index is 1220. The molecule has 3 aliphatic rings. The van der Waals surface area contributed by atoms with Crippen LogP contribution < -0.4 is 14.4 Å². The van der Waals surface area contributed by atoms with Crippen LogP contribution in [0, 0.1) is 8.99 Å². The van der Waals surface area contributed by atoms with Crippen molar-refractivity contribution in [3.05, 3.63) is 14.1 Å². The number of piperidine rings is 1. The Morgan fingerprint density at radius 1 is 1.18 bits per heavy atom. The van der Waals surface area contributed by atoms with Gasteiger partial charge < -0.3 is 28.9 Å². The lowest BCUT2D eigenvalue weighted by molar-refractivity contribution is -0.0434. The van der Waals surface area contributed by atoms with E-state index in [1.807, 2.05) is 32.6 Å². The van der Waals surface area contributed by atoms with Gasteiger partial charge in [0.15, 0.2) is 5.75 Å². The minimum Gasteiger partial charge on any atom is -0.490 e. The van der Waals surface area contributed by atoms with Gasteiger partial charge in [-0.15, -0.1) is 0 Å². The summed E-state index contributed by atoms with van der Waals surface area (Å²) in [6.45, 7) is 13.1. The highest BCUT2D eigenvalue weighted by Crippen LogP contribution is 2.45. The molecule has 3 aliphatic heterocycles. The van der Waals surface area contributed by atoms with E-state index >= 15 is 0 Å². The fourth-order valence-corrected chi connectivity index (χ4v) is 6.79. The number of rotatable bonds is 6. The number of carbonyl (C=O) groups excluding carboxylic acids is 1. The van der Waals surface area contributed by atoms with Crippen molar-refractivity contribution < 1.29 is 19.0 Å². The van der Waals surface area contributed by atoms with Crippen LogP contribution in [0.25, 0.3) is 10.9 Å². The molecule has 2 aromatic rings. The number of hydrogen-bond acceptors (Lipinski definition) is 8. The van der Waals surface area contributed by atoms with E-state index in [9.17, 15) is 4.79 Å². The molecular formula is C28H39BrIN5O4. The molecule has 5 rings (SSSR count). The third-order valence-corrected chi connectivity index (χ3v) is 10.4. The fraction of sp³-hybridized carbons (Fsp3) is 0.679. The average Bonchev–Trinajstić information content (AvgIpc) is 3.27. The second kappa shape index (κ2) is 11.3. The Labute approximate surface area is 253 Å². The molecule has 0 bridgehead atoms. The van der Waals surface area contributed by atoms with E-state index in [4.69, 9.17) is 24.2 Å². The minimum atomic E-state index is -0.475. The lowest BCUT2D eigenvalue weighted by Gasteiger charge is -2.53. The molecule has 39 heavy (non-hydrogen) atoms. The highest BCUT2D eigenvalue weighted by molar-refractivity contribution is 14.1. The van der Waals surface area contributed by atoms with E-state index in [-0.39, 0.29) is 11.5 Å². The van der Waals surface area contributed by atoms with Crippen molar-refractivity contribution in [1.82, 2.24) is 19.8 Å². The second-order valence-corrected chi connectivity index (χ2v) is 14.0. The molecule has 1 aromatic carbocycles. The third-order valence-electron chi connectivity index (χ3n) is 7.99. The number of aromatic nitrogens is 2. The first-order valence-corrected chi connectivity index (χ1v) is 15.7. The van der Waals surface area contributed by atoms with Gasteiger partial charge in [-0.1, -0.05) is 0 Å².